The van der Waals surface area contributed by atoms with Gasteiger partial charge in [0.25, 0.3) is 5.91 Å². The topological polar surface area (TPSA) is 97.1 Å². The molecule has 2 N–H and O–H groups in total. The second-order valence-electron chi connectivity index (χ2n) is 5.99. The molecular formula is C17H21FN4O3. The maximum Gasteiger partial charge on any atom is 0.326 e. The highest BCUT2D eigenvalue weighted by Crippen LogP contribution is 2.18. The Balaban J connectivity index is 2.35. The highest BCUT2D eigenvalue weighted by atomic mass is 19.1. The zero-order chi connectivity index (χ0) is 18.6. The summed E-state index contributed by atoms with van der Waals surface area (Å²) in [5.74, 6) is -1.93. The first-order valence-corrected chi connectivity index (χ1v) is 8.10. The van der Waals surface area contributed by atoms with E-state index in [2.05, 4.69) is 15.4 Å². The number of hydrogen-bond donors (Lipinski definition) is 2. The largest absolute Gasteiger partial charge is 0.480 e. The highest BCUT2D eigenvalue weighted by Gasteiger charge is 2.24. The van der Waals surface area contributed by atoms with Crippen LogP contribution in [0.1, 0.15) is 56.0 Å². The Bertz CT molecular complexity index is 773. The number of aliphatic carboxylic acids is 1. The first kappa shape index (κ1) is 18.6. The van der Waals surface area contributed by atoms with Crippen molar-refractivity contribution in [3.05, 3.63) is 41.7 Å². The number of benzene rings is 1. The molecule has 2 rings (SSSR count). The predicted molar refractivity (Wildman–Crippen MR) is 89.2 cm³/mol. The van der Waals surface area contributed by atoms with E-state index in [1.807, 2.05) is 20.8 Å². The monoisotopic (exact) mass is 348 g/mol. The number of carboxylic acids is 1. The van der Waals surface area contributed by atoms with Crippen molar-refractivity contribution in [1.82, 2.24) is 20.1 Å². The van der Waals surface area contributed by atoms with Crippen LogP contribution in [0, 0.1) is 5.82 Å². The van der Waals surface area contributed by atoms with Crippen LogP contribution in [0.3, 0.4) is 0 Å². The van der Waals surface area contributed by atoms with Crippen molar-refractivity contribution in [2.24, 2.45) is 0 Å². The smallest absolute Gasteiger partial charge is 0.326 e. The van der Waals surface area contributed by atoms with E-state index in [4.69, 9.17) is 5.11 Å². The van der Waals surface area contributed by atoms with Crippen molar-refractivity contribution < 1.29 is 19.1 Å². The fraction of sp³-hybridized carbons (Fsp3) is 0.412. The van der Waals surface area contributed by atoms with Crippen LogP contribution in [0.4, 0.5) is 4.39 Å². The van der Waals surface area contributed by atoms with Gasteiger partial charge >= 0.3 is 5.97 Å². The number of nitrogens with one attached hydrogen (secondary N) is 1. The average Bonchev–Trinajstić information content (AvgIpc) is 3.00. The normalized spacial score (nSPS) is 12.2. The van der Waals surface area contributed by atoms with Crippen LogP contribution in [0.25, 0.3) is 5.69 Å². The summed E-state index contributed by atoms with van der Waals surface area (Å²) in [6.07, 6.45) is 0.919. The molecule has 1 amide bonds. The maximum absolute atomic E-state index is 13.5. The summed E-state index contributed by atoms with van der Waals surface area (Å²) in [7, 11) is 0. The molecule has 1 aromatic heterocycles. The van der Waals surface area contributed by atoms with E-state index >= 15 is 0 Å². The summed E-state index contributed by atoms with van der Waals surface area (Å²) >= 11 is 0. The molecule has 7 nitrogen and oxygen atoms in total. The summed E-state index contributed by atoms with van der Waals surface area (Å²) in [5, 5.41) is 15.7. The average molecular weight is 348 g/mol. The van der Waals surface area contributed by atoms with Gasteiger partial charge in [-0.05, 0) is 24.6 Å². The molecule has 0 fully saturated rings. The molecule has 0 aliphatic rings. The van der Waals surface area contributed by atoms with Gasteiger partial charge in [0.15, 0.2) is 0 Å². The van der Waals surface area contributed by atoms with Crippen LogP contribution < -0.4 is 5.32 Å². The van der Waals surface area contributed by atoms with E-state index < -0.39 is 23.7 Å². The molecule has 1 atom stereocenters. The number of rotatable bonds is 7. The fourth-order valence-electron chi connectivity index (χ4n) is 2.36. The Morgan fingerprint density at radius 1 is 1.36 bits per heavy atom. The Hall–Kier alpha value is -2.77. The van der Waals surface area contributed by atoms with Gasteiger partial charge < -0.3 is 10.4 Å². The standard InChI is InChI=1S/C17H21FN4O3/c1-4-6-13(17(24)25)19-16(23)14-20-15(10(2)3)22(21-14)12-8-5-7-11(18)9-12/h5,7-10,13H,4,6H2,1-3H3,(H,19,23)(H,24,25). The Kier molecular flexibility index (Phi) is 5.84. The lowest BCUT2D eigenvalue weighted by Gasteiger charge is -2.11. The molecule has 1 aromatic carbocycles. The van der Waals surface area contributed by atoms with Crippen LogP contribution >= 0.6 is 0 Å². The lowest BCUT2D eigenvalue weighted by molar-refractivity contribution is -0.139. The van der Waals surface area contributed by atoms with Crippen molar-refractivity contribution in [2.45, 2.75) is 45.6 Å². The number of nitrogens with zero attached hydrogens (tertiary/aromatic N) is 3. The minimum absolute atomic E-state index is 0.0665. The highest BCUT2D eigenvalue weighted by molar-refractivity contribution is 5.93. The third kappa shape index (κ3) is 4.40. The van der Waals surface area contributed by atoms with E-state index in [1.54, 1.807) is 6.07 Å². The third-order valence-electron chi connectivity index (χ3n) is 3.59. The zero-order valence-electron chi connectivity index (χ0n) is 14.4. The number of halogens is 1. The van der Waals surface area contributed by atoms with Crippen LogP contribution in [0.2, 0.25) is 0 Å². The van der Waals surface area contributed by atoms with Crippen molar-refractivity contribution in [2.75, 3.05) is 0 Å². The van der Waals surface area contributed by atoms with E-state index in [0.29, 0.717) is 24.4 Å². The number of carboxylic acid groups (broad SMARTS) is 1. The molecule has 0 aliphatic heterocycles. The van der Waals surface area contributed by atoms with E-state index in [9.17, 15) is 14.0 Å². The summed E-state index contributed by atoms with van der Waals surface area (Å²) in [6.45, 7) is 5.58. The second kappa shape index (κ2) is 7.87. The summed E-state index contributed by atoms with van der Waals surface area (Å²) in [6, 6.07) is 4.80. The Morgan fingerprint density at radius 2 is 2.08 bits per heavy atom. The summed E-state index contributed by atoms with van der Waals surface area (Å²) < 4.78 is 14.9. The predicted octanol–water partition coefficient (Wildman–Crippen LogP) is 2.51. The van der Waals surface area contributed by atoms with E-state index in [0.717, 1.165) is 0 Å². The van der Waals surface area contributed by atoms with Gasteiger partial charge in [-0.2, -0.15) is 0 Å². The number of carbonyl (C=O) groups excluding carboxylic acids is 1. The van der Waals surface area contributed by atoms with E-state index in [1.165, 1.54) is 22.9 Å². The molecule has 0 aliphatic carbocycles. The van der Waals surface area contributed by atoms with Crippen LogP contribution in [0.5, 0.6) is 0 Å². The van der Waals surface area contributed by atoms with Crippen LogP contribution in [0.15, 0.2) is 24.3 Å². The summed E-state index contributed by atoms with van der Waals surface area (Å²) in [4.78, 5) is 27.7. The first-order chi connectivity index (χ1) is 11.8. The van der Waals surface area contributed by atoms with Gasteiger partial charge in [-0.3, -0.25) is 4.79 Å². The lowest BCUT2D eigenvalue weighted by Crippen LogP contribution is -2.41. The molecule has 1 unspecified atom stereocenters. The molecule has 134 valence electrons. The Labute approximate surface area is 144 Å². The molecular weight excluding hydrogens is 327 g/mol. The molecule has 0 spiro atoms. The molecule has 0 saturated heterocycles. The molecule has 0 bridgehead atoms. The molecule has 2 aromatic rings. The van der Waals surface area contributed by atoms with Crippen molar-refractivity contribution >= 4 is 11.9 Å². The minimum Gasteiger partial charge on any atom is -0.480 e. The number of amides is 1. The van der Waals surface area contributed by atoms with Gasteiger partial charge in [-0.15, -0.1) is 5.10 Å². The molecule has 8 heteroatoms. The number of carbonyl (C=O) groups is 2. The lowest BCUT2D eigenvalue weighted by atomic mass is 10.1. The maximum atomic E-state index is 13.5. The second-order valence-corrected chi connectivity index (χ2v) is 5.99. The first-order valence-electron chi connectivity index (χ1n) is 8.10. The quantitative estimate of drug-likeness (QED) is 0.801. The van der Waals surface area contributed by atoms with Gasteiger partial charge in [0.05, 0.1) is 5.69 Å². The van der Waals surface area contributed by atoms with Crippen LogP contribution in [-0.2, 0) is 4.79 Å². The van der Waals surface area contributed by atoms with Gasteiger partial charge in [-0.1, -0.05) is 33.3 Å². The van der Waals surface area contributed by atoms with Crippen molar-refractivity contribution in [3.63, 3.8) is 0 Å². The van der Waals surface area contributed by atoms with Crippen molar-refractivity contribution in [1.29, 1.82) is 0 Å². The van der Waals surface area contributed by atoms with Gasteiger partial charge in [0, 0.05) is 5.92 Å². The molecule has 0 radical (unpaired) electrons. The summed E-state index contributed by atoms with van der Waals surface area (Å²) in [5.41, 5.74) is 0.443. The zero-order valence-corrected chi connectivity index (χ0v) is 14.4. The van der Waals surface area contributed by atoms with Gasteiger partial charge in [0.1, 0.15) is 17.7 Å². The van der Waals surface area contributed by atoms with Crippen molar-refractivity contribution in [3.8, 4) is 5.69 Å². The number of hydrogen-bond acceptors (Lipinski definition) is 4. The number of aromatic nitrogens is 3. The fourth-order valence-corrected chi connectivity index (χ4v) is 2.36. The van der Waals surface area contributed by atoms with Crippen LogP contribution in [-0.4, -0.2) is 37.8 Å². The molecule has 1 heterocycles. The van der Waals surface area contributed by atoms with E-state index in [-0.39, 0.29) is 11.7 Å². The Morgan fingerprint density at radius 3 is 2.64 bits per heavy atom. The van der Waals surface area contributed by atoms with Gasteiger partial charge in [-0.25, -0.2) is 18.9 Å². The minimum atomic E-state index is -1.11. The molecule has 25 heavy (non-hydrogen) atoms. The molecule has 0 saturated carbocycles. The third-order valence-corrected chi connectivity index (χ3v) is 3.59. The SMILES string of the molecule is CCCC(NC(=O)c1nc(C(C)C)n(-c2cccc(F)c2)n1)C(=O)O. The van der Waals surface area contributed by atoms with Gasteiger partial charge in [0.2, 0.25) is 5.82 Å².